The van der Waals surface area contributed by atoms with Crippen LogP contribution in [0.15, 0.2) is 41.1 Å². The highest BCUT2D eigenvalue weighted by atomic mass is 32.2. The fourth-order valence-electron chi connectivity index (χ4n) is 1.18. The van der Waals surface area contributed by atoms with Crippen LogP contribution in [0.25, 0.3) is 0 Å². The lowest BCUT2D eigenvalue weighted by Gasteiger charge is -2.17. The van der Waals surface area contributed by atoms with E-state index in [-0.39, 0.29) is 4.90 Å². The smallest absolute Gasteiger partial charge is 0.199 e. The number of benzene rings is 1. The highest BCUT2D eigenvalue weighted by Crippen LogP contribution is 2.19. The highest BCUT2D eigenvalue weighted by molar-refractivity contribution is 7.94. The zero-order valence-corrected chi connectivity index (χ0v) is 9.79. The van der Waals surface area contributed by atoms with E-state index in [1.54, 1.807) is 18.2 Å². The maximum absolute atomic E-state index is 11.5. The number of hydrogen-bond donors (Lipinski definition) is 0. The largest absolute Gasteiger partial charge is 0.375 e. The van der Waals surface area contributed by atoms with E-state index in [1.165, 1.54) is 0 Å². The monoisotopic (exact) mass is 225 g/mol. The lowest BCUT2D eigenvalue weighted by molar-refractivity contribution is 0.604. The average Bonchev–Trinajstić information content (AvgIpc) is 2.28. The molecule has 0 N–H and O–H groups in total. The Bertz CT molecular complexity index is 451. The van der Waals surface area contributed by atoms with Crippen LogP contribution in [0.1, 0.15) is 6.92 Å². The van der Waals surface area contributed by atoms with Gasteiger partial charge in [0.1, 0.15) is 0 Å². The lowest BCUT2D eigenvalue weighted by atomic mass is 10.3. The molecule has 0 bridgehead atoms. The highest BCUT2D eigenvalue weighted by Gasteiger charge is 2.10. The van der Waals surface area contributed by atoms with Gasteiger partial charge < -0.3 is 4.90 Å². The van der Waals surface area contributed by atoms with E-state index in [0.29, 0.717) is 0 Å². The van der Waals surface area contributed by atoms with Crippen LogP contribution in [0.4, 0.5) is 5.69 Å². The van der Waals surface area contributed by atoms with Crippen LogP contribution in [-0.4, -0.2) is 22.0 Å². The van der Waals surface area contributed by atoms with Gasteiger partial charge in [0.2, 0.25) is 0 Å². The van der Waals surface area contributed by atoms with Crippen LogP contribution in [0.3, 0.4) is 0 Å². The van der Waals surface area contributed by atoms with Gasteiger partial charge in [-0.05, 0) is 25.1 Å². The fraction of sp³-hybridized carbons (Fsp3) is 0.273. The van der Waals surface area contributed by atoms with Crippen LogP contribution in [0.5, 0.6) is 0 Å². The molecule has 0 saturated carbocycles. The second-order valence-corrected chi connectivity index (χ2v) is 5.12. The Balaban J connectivity index is 3.19. The van der Waals surface area contributed by atoms with Gasteiger partial charge in [-0.15, -0.1) is 0 Å². The summed E-state index contributed by atoms with van der Waals surface area (Å²) in [5.41, 5.74) is 0.889. The summed E-state index contributed by atoms with van der Waals surface area (Å²) >= 11 is 0. The molecule has 0 aliphatic carbocycles. The molecule has 82 valence electrons. The van der Waals surface area contributed by atoms with Gasteiger partial charge >= 0.3 is 0 Å². The molecule has 4 heteroatoms. The van der Waals surface area contributed by atoms with Crippen molar-refractivity contribution >= 4 is 15.5 Å². The molecule has 0 heterocycles. The molecule has 0 amide bonds. The number of anilines is 1. The lowest BCUT2D eigenvalue weighted by Crippen LogP contribution is -2.15. The van der Waals surface area contributed by atoms with Crippen molar-refractivity contribution in [3.05, 3.63) is 36.3 Å². The minimum atomic E-state index is -3.33. The van der Waals surface area contributed by atoms with Gasteiger partial charge in [0, 0.05) is 24.7 Å². The van der Waals surface area contributed by atoms with Crippen molar-refractivity contribution in [2.45, 2.75) is 11.8 Å². The third-order valence-electron chi connectivity index (χ3n) is 2.28. The summed E-state index contributed by atoms with van der Waals surface area (Å²) in [6.45, 7) is 6.14. The molecule has 0 fully saturated rings. The Morgan fingerprint density at radius 1 is 1.47 bits per heavy atom. The molecule has 0 aromatic heterocycles. The van der Waals surface area contributed by atoms with Crippen molar-refractivity contribution in [1.29, 1.82) is 0 Å². The molecule has 0 atom stereocenters. The Labute approximate surface area is 91.0 Å². The maximum Gasteiger partial charge on any atom is 0.199 e. The molecule has 0 radical (unpaired) electrons. The Morgan fingerprint density at radius 3 is 2.67 bits per heavy atom. The molecule has 0 saturated heterocycles. The van der Waals surface area contributed by atoms with Crippen molar-refractivity contribution in [2.24, 2.45) is 0 Å². The first-order valence-corrected chi connectivity index (χ1v) is 6.24. The Morgan fingerprint density at radius 2 is 2.13 bits per heavy atom. The first kappa shape index (κ1) is 11.8. The molecule has 1 aromatic carbocycles. The van der Waals surface area contributed by atoms with Gasteiger partial charge in [-0.2, -0.15) is 0 Å². The standard InChI is InChI=1S/C11H15NO2S/c1-4-12(3)10-7-6-8-11(9-10)15(13,14)5-2/h5-9H,2,4H2,1,3H3. The Kier molecular flexibility index (Phi) is 3.52. The summed E-state index contributed by atoms with van der Waals surface area (Å²) in [4.78, 5) is 2.26. The molecule has 0 spiro atoms. The van der Waals surface area contributed by atoms with Crippen LogP contribution in [0.2, 0.25) is 0 Å². The van der Waals surface area contributed by atoms with Crippen LogP contribution >= 0.6 is 0 Å². The molecular weight excluding hydrogens is 210 g/mol. The third-order valence-corrected chi connectivity index (χ3v) is 3.63. The Hall–Kier alpha value is -1.29. The van der Waals surface area contributed by atoms with Crippen LogP contribution in [-0.2, 0) is 9.84 Å². The summed E-state index contributed by atoms with van der Waals surface area (Å²) in [5, 5.41) is 0.970. The summed E-state index contributed by atoms with van der Waals surface area (Å²) in [5.74, 6) is 0. The molecule has 0 unspecified atom stereocenters. The summed E-state index contributed by atoms with van der Waals surface area (Å²) in [6, 6.07) is 6.84. The van der Waals surface area contributed by atoms with Crippen LogP contribution in [0, 0.1) is 0 Å². The van der Waals surface area contributed by atoms with Crippen molar-refractivity contribution in [1.82, 2.24) is 0 Å². The number of sulfone groups is 1. The zero-order valence-electron chi connectivity index (χ0n) is 8.97. The molecule has 3 nitrogen and oxygen atoms in total. The molecule has 0 aliphatic heterocycles. The van der Waals surface area contributed by atoms with E-state index in [9.17, 15) is 8.42 Å². The number of rotatable bonds is 4. The minimum absolute atomic E-state index is 0.287. The molecule has 15 heavy (non-hydrogen) atoms. The quantitative estimate of drug-likeness (QED) is 0.787. The topological polar surface area (TPSA) is 37.4 Å². The van der Waals surface area contributed by atoms with E-state index in [0.717, 1.165) is 17.6 Å². The van der Waals surface area contributed by atoms with Crippen molar-refractivity contribution in [3.8, 4) is 0 Å². The van der Waals surface area contributed by atoms with Gasteiger partial charge in [0.25, 0.3) is 0 Å². The van der Waals surface area contributed by atoms with E-state index in [2.05, 4.69) is 6.58 Å². The second-order valence-electron chi connectivity index (χ2n) is 3.22. The second kappa shape index (κ2) is 4.49. The minimum Gasteiger partial charge on any atom is -0.375 e. The third kappa shape index (κ3) is 2.59. The first-order valence-electron chi connectivity index (χ1n) is 4.70. The predicted octanol–water partition coefficient (Wildman–Crippen LogP) is 2.06. The molecule has 0 aliphatic rings. The summed E-state index contributed by atoms with van der Waals surface area (Å²) in [6.07, 6.45) is 0. The normalized spacial score (nSPS) is 11.1. The molecular formula is C11H15NO2S. The average molecular weight is 225 g/mol. The van der Waals surface area contributed by atoms with Crippen molar-refractivity contribution < 1.29 is 8.42 Å². The van der Waals surface area contributed by atoms with Crippen molar-refractivity contribution in [2.75, 3.05) is 18.5 Å². The fourth-order valence-corrected chi connectivity index (χ4v) is 1.92. The van der Waals surface area contributed by atoms with Gasteiger partial charge in [0.05, 0.1) is 4.90 Å². The first-order chi connectivity index (χ1) is 7.01. The summed E-state index contributed by atoms with van der Waals surface area (Å²) < 4.78 is 23.1. The van der Waals surface area contributed by atoms with Gasteiger partial charge in [-0.25, -0.2) is 8.42 Å². The van der Waals surface area contributed by atoms with Gasteiger partial charge in [-0.1, -0.05) is 12.6 Å². The molecule has 1 rings (SSSR count). The SMILES string of the molecule is C=CS(=O)(=O)c1cccc(N(C)CC)c1. The van der Waals surface area contributed by atoms with E-state index in [4.69, 9.17) is 0 Å². The van der Waals surface area contributed by atoms with E-state index >= 15 is 0 Å². The number of hydrogen-bond acceptors (Lipinski definition) is 3. The number of nitrogens with zero attached hydrogens (tertiary/aromatic N) is 1. The van der Waals surface area contributed by atoms with Gasteiger partial charge in [0.15, 0.2) is 9.84 Å². The predicted molar refractivity (Wildman–Crippen MR) is 62.8 cm³/mol. The van der Waals surface area contributed by atoms with E-state index < -0.39 is 9.84 Å². The summed E-state index contributed by atoms with van der Waals surface area (Å²) in [7, 11) is -1.41. The van der Waals surface area contributed by atoms with E-state index in [1.807, 2.05) is 24.9 Å². The zero-order chi connectivity index (χ0) is 11.5. The van der Waals surface area contributed by atoms with Crippen LogP contribution < -0.4 is 4.90 Å². The molecule has 1 aromatic rings. The van der Waals surface area contributed by atoms with Gasteiger partial charge in [-0.3, -0.25) is 0 Å². The van der Waals surface area contributed by atoms with Crippen molar-refractivity contribution in [3.63, 3.8) is 0 Å². The maximum atomic E-state index is 11.5.